The molecule has 0 aromatic heterocycles. The van der Waals surface area contributed by atoms with Gasteiger partial charge in [-0.1, -0.05) is 66.7 Å². The molecule has 0 bridgehead atoms. The molecule has 3 nitrogen and oxygen atoms in total. The van der Waals surface area contributed by atoms with Crippen molar-refractivity contribution in [1.82, 2.24) is 0 Å². The first kappa shape index (κ1) is 17.0. The average Bonchev–Trinajstić information content (AvgIpc) is 2.73. The summed E-state index contributed by atoms with van der Waals surface area (Å²) in [5, 5.41) is 9.41. The first-order chi connectivity index (χ1) is 12.8. The van der Waals surface area contributed by atoms with Crippen molar-refractivity contribution >= 4 is 5.57 Å². The Bertz CT molecular complexity index is 987. The van der Waals surface area contributed by atoms with Crippen LogP contribution in [0.2, 0.25) is 0 Å². The molecule has 0 amide bonds. The lowest BCUT2D eigenvalue weighted by Gasteiger charge is -2.11. The number of methoxy groups -OCH3 is 1. The second-order valence-corrected chi connectivity index (χ2v) is 5.62. The summed E-state index contributed by atoms with van der Waals surface area (Å²) in [6, 6.07) is 27.4. The maximum atomic E-state index is 9.41. The zero-order valence-electron chi connectivity index (χ0n) is 14.3. The van der Waals surface area contributed by atoms with Crippen molar-refractivity contribution in [2.45, 2.75) is 0 Å². The van der Waals surface area contributed by atoms with Crippen LogP contribution >= 0.6 is 0 Å². The fourth-order valence-corrected chi connectivity index (χ4v) is 2.79. The normalized spacial score (nSPS) is 11.0. The van der Waals surface area contributed by atoms with Crippen LogP contribution in [0.5, 0.6) is 5.75 Å². The Balaban J connectivity index is 2.07. The van der Waals surface area contributed by atoms with Gasteiger partial charge in [0.15, 0.2) is 0 Å². The molecule has 0 unspecified atom stereocenters. The summed E-state index contributed by atoms with van der Waals surface area (Å²) in [4.78, 5) is 3.42. The summed E-state index contributed by atoms with van der Waals surface area (Å²) in [5.74, 6) is 0.730. The van der Waals surface area contributed by atoms with Gasteiger partial charge in [0.1, 0.15) is 5.75 Å². The molecule has 3 rings (SSSR count). The van der Waals surface area contributed by atoms with Crippen molar-refractivity contribution in [3.63, 3.8) is 0 Å². The molecule has 0 heterocycles. The number of hydrogen-bond acceptors (Lipinski definition) is 2. The van der Waals surface area contributed by atoms with Crippen LogP contribution in [0.15, 0.2) is 84.6 Å². The molecule has 0 atom stereocenters. The number of allylic oxidation sites excluding steroid dienone is 1. The smallest absolute Gasteiger partial charge is 0.270 e. The number of nitriles is 1. The van der Waals surface area contributed by atoms with E-state index < -0.39 is 0 Å². The molecule has 0 aliphatic rings. The highest BCUT2D eigenvalue weighted by Gasteiger charge is 2.12. The Morgan fingerprint density at radius 3 is 1.88 bits per heavy atom. The van der Waals surface area contributed by atoms with Gasteiger partial charge >= 0.3 is 0 Å². The van der Waals surface area contributed by atoms with Crippen molar-refractivity contribution in [3.05, 3.63) is 107 Å². The summed E-state index contributed by atoms with van der Waals surface area (Å²) in [5.41, 5.74) is 4.56. The second-order valence-electron chi connectivity index (χ2n) is 5.62. The average molecular weight is 336 g/mol. The van der Waals surface area contributed by atoms with Crippen LogP contribution < -0.4 is 4.74 Å². The van der Waals surface area contributed by atoms with Crippen LogP contribution in [0.1, 0.15) is 11.1 Å². The van der Waals surface area contributed by atoms with E-state index in [1.807, 2.05) is 72.8 Å². The van der Waals surface area contributed by atoms with Crippen molar-refractivity contribution in [1.29, 1.82) is 5.26 Å². The van der Waals surface area contributed by atoms with E-state index in [1.54, 1.807) is 7.11 Å². The third-order valence-corrected chi connectivity index (χ3v) is 4.11. The van der Waals surface area contributed by atoms with E-state index in [9.17, 15) is 5.26 Å². The van der Waals surface area contributed by atoms with E-state index in [0.29, 0.717) is 5.57 Å². The lowest BCUT2D eigenvalue weighted by Crippen LogP contribution is -1.92. The number of rotatable bonds is 4. The number of benzene rings is 3. The highest BCUT2D eigenvalue weighted by atomic mass is 16.5. The van der Waals surface area contributed by atoms with Crippen LogP contribution in [-0.4, -0.2) is 7.11 Å². The summed E-state index contributed by atoms with van der Waals surface area (Å²) in [6.07, 6.45) is 0. The Hall–Kier alpha value is -3.82. The minimum Gasteiger partial charge on any atom is -0.497 e. The van der Waals surface area contributed by atoms with Crippen molar-refractivity contribution in [2.24, 2.45) is 0 Å². The summed E-state index contributed by atoms with van der Waals surface area (Å²) in [7, 11) is 1.61. The molecule has 3 heteroatoms. The van der Waals surface area contributed by atoms with Gasteiger partial charge in [-0.2, -0.15) is 0 Å². The van der Waals surface area contributed by atoms with Gasteiger partial charge in [-0.3, -0.25) is 0 Å². The van der Waals surface area contributed by atoms with Crippen LogP contribution in [-0.2, 0) is 0 Å². The molecule has 124 valence electrons. The van der Waals surface area contributed by atoms with E-state index in [4.69, 9.17) is 11.3 Å². The number of hydrogen-bond donors (Lipinski definition) is 0. The first-order valence-corrected chi connectivity index (χ1v) is 8.09. The van der Waals surface area contributed by atoms with Crippen molar-refractivity contribution in [2.75, 3.05) is 7.11 Å². The van der Waals surface area contributed by atoms with Gasteiger partial charge in [0.05, 0.1) is 19.8 Å². The van der Waals surface area contributed by atoms with Gasteiger partial charge in [-0.05, 0) is 34.4 Å². The van der Waals surface area contributed by atoms with Gasteiger partial charge < -0.3 is 4.74 Å². The molecule has 0 N–H and O–H groups in total. The Kier molecular flexibility index (Phi) is 5.13. The van der Waals surface area contributed by atoms with Crippen LogP contribution in [0.25, 0.3) is 21.5 Å². The fraction of sp³-hybridized carbons (Fsp3) is 0.0435. The van der Waals surface area contributed by atoms with Crippen molar-refractivity contribution in [3.8, 4) is 22.9 Å². The Morgan fingerprint density at radius 2 is 1.38 bits per heavy atom. The van der Waals surface area contributed by atoms with Gasteiger partial charge in [0, 0.05) is 5.57 Å². The first-order valence-electron chi connectivity index (χ1n) is 8.09. The molecule has 0 saturated carbocycles. The van der Waals surface area contributed by atoms with Crippen LogP contribution in [0, 0.1) is 17.9 Å². The third kappa shape index (κ3) is 3.48. The predicted molar refractivity (Wildman–Crippen MR) is 103 cm³/mol. The molecule has 0 spiro atoms. The molecule has 26 heavy (non-hydrogen) atoms. The van der Waals surface area contributed by atoms with Gasteiger partial charge in [-0.25, -0.2) is 10.1 Å². The topological polar surface area (TPSA) is 37.4 Å². The van der Waals surface area contributed by atoms with E-state index in [-0.39, 0.29) is 5.70 Å². The zero-order chi connectivity index (χ0) is 18.4. The largest absolute Gasteiger partial charge is 0.497 e. The maximum absolute atomic E-state index is 9.41. The molecule has 0 aliphatic carbocycles. The Morgan fingerprint density at radius 1 is 0.846 bits per heavy atom. The molecule has 3 aromatic rings. The van der Waals surface area contributed by atoms with Crippen molar-refractivity contribution < 1.29 is 4.74 Å². The zero-order valence-corrected chi connectivity index (χ0v) is 14.3. The molecule has 0 saturated heterocycles. The lowest BCUT2D eigenvalue weighted by molar-refractivity contribution is 0.415. The monoisotopic (exact) mass is 336 g/mol. The van der Waals surface area contributed by atoms with Crippen LogP contribution in [0.3, 0.4) is 0 Å². The van der Waals surface area contributed by atoms with Gasteiger partial charge in [0.25, 0.3) is 5.70 Å². The summed E-state index contributed by atoms with van der Waals surface area (Å²) in [6.45, 7) is 7.36. The van der Waals surface area contributed by atoms with Crippen LogP contribution in [0.4, 0.5) is 0 Å². The van der Waals surface area contributed by atoms with Gasteiger partial charge in [0.2, 0.25) is 0 Å². The SMILES string of the molecule is [C-]#[N+]C(C#N)=C(c1ccc(OC)cc1)c1ccc(-c2ccccc2)cc1. The fourth-order valence-electron chi connectivity index (χ4n) is 2.79. The minimum atomic E-state index is 0.0719. The highest BCUT2D eigenvalue weighted by Crippen LogP contribution is 2.30. The molecule has 0 radical (unpaired) electrons. The summed E-state index contributed by atoms with van der Waals surface area (Å²) >= 11 is 0. The molecule has 0 aliphatic heterocycles. The minimum absolute atomic E-state index is 0.0719. The van der Waals surface area contributed by atoms with E-state index >= 15 is 0 Å². The maximum Gasteiger partial charge on any atom is 0.270 e. The molecule has 3 aromatic carbocycles. The van der Waals surface area contributed by atoms with Gasteiger partial charge in [-0.15, -0.1) is 0 Å². The highest BCUT2D eigenvalue weighted by molar-refractivity contribution is 5.86. The predicted octanol–water partition coefficient (Wildman–Crippen LogP) is 5.56. The number of nitrogens with zero attached hydrogens (tertiary/aromatic N) is 2. The van der Waals surface area contributed by atoms with E-state index in [0.717, 1.165) is 28.0 Å². The Labute approximate surface area is 153 Å². The summed E-state index contributed by atoms with van der Waals surface area (Å²) < 4.78 is 5.19. The third-order valence-electron chi connectivity index (χ3n) is 4.11. The number of ether oxygens (including phenoxy) is 1. The lowest BCUT2D eigenvalue weighted by atomic mass is 9.94. The second kappa shape index (κ2) is 7.83. The standard InChI is InChI=1S/C23H16N2O/c1-25-22(16-24)23(20-12-14-21(26-2)15-13-20)19-10-8-18(9-11-19)17-6-4-3-5-7-17/h3-15H,2H3. The molecular weight excluding hydrogens is 320 g/mol. The molecule has 0 fully saturated rings. The quantitative estimate of drug-likeness (QED) is 0.462. The van der Waals surface area contributed by atoms with E-state index in [2.05, 4.69) is 17.0 Å². The molecular formula is C23H16N2O. The van der Waals surface area contributed by atoms with E-state index in [1.165, 1.54) is 0 Å².